The van der Waals surface area contributed by atoms with Crippen LogP contribution in [0.25, 0.3) is 0 Å². The average molecular weight is 358 g/mol. The molecule has 1 rings (SSSR count). The number of nitrogens with one attached hydrogen (secondary N) is 2. The fraction of sp³-hybridized carbons (Fsp3) is 0.562. The van der Waals surface area contributed by atoms with Gasteiger partial charge in [-0.3, -0.25) is 4.99 Å². The summed E-state index contributed by atoms with van der Waals surface area (Å²) in [5.74, 6) is 0.932. The fourth-order valence-electron chi connectivity index (χ4n) is 1.87. The van der Waals surface area contributed by atoms with E-state index in [9.17, 15) is 8.42 Å². The first kappa shape index (κ1) is 19.8. The van der Waals surface area contributed by atoms with Crippen molar-refractivity contribution in [3.63, 3.8) is 0 Å². The Morgan fingerprint density at radius 3 is 2.57 bits per heavy atom. The van der Waals surface area contributed by atoms with Gasteiger partial charge < -0.3 is 10.6 Å². The summed E-state index contributed by atoms with van der Waals surface area (Å²) in [7, 11) is -2.90. The number of nitrogens with zero attached hydrogens (tertiary/aromatic N) is 1. The van der Waals surface area contributed by atoms with Gasteiger partial charge in [0.1, 0.15) is 9.84 Å². The minimum absolute atomic E-state index is 0.194. The molecule has 1 unspecified atom stereocenters. The summed E-state index contributed by atoms with van der Waals surface area (Å²) in [4.78, 5) is 5.81. The first-order chi connectivity index (χ1) is 10.9. The number of rotatable bonds is 9. The molecule has 1 atom stereocenters. The molecule has 0 bridgehead atoms. The molecule has 0 spiro atoms. The number of hydrogen-bond donors (Lipinski definition) is 2. The molecule has 5 nitrogen and oxygen atoms in total. The van der Waals surface area contributed by atoms with Crippen molar-refractivity contribution in [3.05, 3.63) is 30.3 Å². The molecule has 0 fully saturated rings. The number of thioether (sulfide) groups is 1. The van der Waals surface area contributed by atoms with E-state index in [-0.39, 0.29) is 5.75 Å². The number of guanidine groups is 1. The maximum Gasteiger partial charge on any atom is 0.191 e. The summed E-state index contributed by atoms with van der Waals surface area (Å²) in [6, 6.07) is 10.3. The number of sulfone groups is 1. The summed E-state index contributed by atoms with van der Waals surface area (Å²) in [5.41, 5.74) is 0. The third-order valence-electron chi connectivity index (χ3n) is 2.92. The minimum atomic E-state index is -2.90. The lowest BCUT2D eigenvalue weighted by atomic mass is 10.4. The Balaban J connectivity index is 2.41. The minimum Gasteiger partial charge on any atom is -0.357 e. The highest BCUT2D eigenvalue weighted by atomic mass is 32.2. The Bertz CT molecular complexity index is 574. The van der Waals surface area contributed by atoms with Gasteiger partial charge in [-0.25, -0.2) is 8.42 Å². The van der Waals surface area contributed by atoms with E-state index in [0.717, 1.165) is 12.5 Å². The Labute approximate surface area is 144 Å². The lowest BCUT2D eigenvalue weighted by Crippen LogP contribution is -2.38. The zero-order chi connectivity index (χ0) is 17.1. The van der Waals surface area contributed by atoms with Crippen molar-refractivity contribution in [1.82, 2.24) is 10.6 Å². The Kier molecular flexibility index (Phi) is 9.09. The summed E-state index contributed by atoms with van der Waals surface area (Å²) in [5, 5.41) is 6.72. The lowest BCUT2D eigenvalue weighted by molar-refractivity contribution is 0.598. The second kappa shape index (κ2) is 10.5. The number of aliphatic imine (C=N–C) groups is 1. The Morgan fingerprint density at radius 2 is 1.96 bits per heavy atom. The van der Waals surface area contributed by atoms with Crippen molar-refractivity contribution in [1.29, 1.82) is 0 Å². The molecule has 23 heavy (non-hydrogen) atoms. The SMILES string of the molecule is CCNC(=NCC(C)Sc1ccccc1)NCCCS(C)(=O)=O. The van der Waals surface area contributed by atoms with Crippen LogP contribution < -0.4 is 10.6 Å². The summed E-state index contributed by atoms with van der Waals surface area (Å²) in [6.45, 7) is 6.22. The van der Waals surface area contributed by atoms with Gasteiger partial charge in [-0.05, 0) is 25.5 Å². The van der Waals surface area contributed by atoms with Crippen LogP contribution in [0, 0.1) is 0 Å². The van der Waals surface area contributed by atoms with E-state index < -0.39 is 9.84 Å². The smallest absolute Gasteiger partial charge is 0.191 e. The van der Waals surface area contributed by atoms with E-state index in [2.05, 4.69) is 34.7 Å². The van der Waals surface area contributed by atoms with E-state index in [1.54, 1.807) is 11.8 Å². The average Bonchev–Trinajstić information content (AvgIpc) is 2.49. The zero-order valence-electron chi connectivity index (χ0n) is 14.1. The Morgan fingerprint density at radius 1 is 1.26 bits per heavy atom. The summed E-state index contributed by atoms with van der Waals surface area (Å²) < 4.78 is 22.2. The van der Waals surface area contributed by atoms with Gasteiger partial charge in [0.05, 0.1) is 12.3 Å². The van der Waals surface area contributed by atoms with Crippen LogP contribution in [0.1, 0.15) is 20.3 Å². The monoisotopic (exact) mass is 357 g/mol. The molecule has 1 aromatic rings. The highest BCUT2D eigenvalue weighted by Gasteiger charge is 2.05. The van der Waals surface area contributed by atoms with Gasteiger partial charge in [-0.1, -0.05) is 25.1 Å². The van der Waals surface area contributed by atoms with Gasteiger partial charge in [-0.15, -0.1) is 11.8 Å². The van der Waals surface area contributed by atoms with Gasteiger partial charge in [0.2, 0.25) is 0 Å². The van der Waals surface area contributed by atoms with Crippen LogP contribution >= 0.6 is 11.8 Å². The van der Waals surface area contributed by atoms with E-state index in [1.807, 2.05) is 25.1 Å². The zero-order valence-corrected chi connectivity index (χ0v) is 15.7. The van der Waals surface area contributed by atoms with E-state index in [0.29, 0.717) is 24.8 Å². The van der Waals surface area contributed by atoms with Crippen LogP contribution in [-0.2, 0) is 9.84 Å². The van der Waals surface area contributed by atoms with Crippen molar-refractivity contribution in [3.8, 4) is 0 Å². The van der Waals surface area contributed by atoms with Crippen molar-refractivity contribution in [2.75, 3.05) is 31.6 Å². The van der Waals surface area contributed by atoms with Crippen LogP contribution in [-0.4, -0.2) is 51.3 Å². The molecule has 0 aliphatic rings. The van der Waals surface area contributed by atoms with Gasteiger partial charge in [0.15, 0.2) is 5.96 Å². The summed E-state index contributed by atoms with van der Waals surface area (Å²) in [6.07, 6.45) is 1.84. The molecule has 0 aliphatic carbocycles. The van der Waals surface area contributed by atoms with E-state index in [4.69, 9.17) is 0 Å². The van der Waals surface area contributed by atoms with Crippen LogP contribution in [0.2, 0.25) is 0 Å². The second-order valence-corrected chi connectivity index (χ2v) is 9.14. The lowest BCUT2D eigenvalue weighted by Gasteiger charge is -2.13. The predicted molar refractivity (Wildman–Crippen MR) is 100 cm³/mol. The van der Waals surface area contributed by atoms with Crippen LogP contribution in [0.3, 0.4) is 0 Å². The molecule has 0 saturated carbocycles. The molecule has 0 aliphatic heterocycles. The standard InChI is InChI=1S/C16H27N3O2S2/c1-4-17-16(18-11-8-12-23(3,20)21)19-13-14(2)22-15-9-6-5-7-10-15/h5-7,9-10,14H,4,8,11-13H2,1-3H3,(H2,17,18,19). The first-order valence-electron chi connectivity index (χ1n) is 7.82. The normalized spacial score (nSPS) is 13.6. The van der Waals surface area contributed by atoms with E-state index >= 15 is 0 Å². The highest BCUT2D eigenvalue weighted by Crippen LogP contribution is 2.22. The van der Waals surface area contributed by atoms with Crippen LogP contribution in [0.15, 0.2) is 40.2 Å². The number of hydrogen-bond acceptors (Lipinski definition) is 4. The first-order valence-corrected chi connectivity index (χ1v) is 10.8. The maximum absolute atomic E-state index is 11.1. The molecule has 130 valence electrons. The molecule has 7 heteroatoms. The van der Waals surface area contributed by atoms with Crippen molar-refractivity contribution in [2.45, 2.75) is 30.4 Å². The van der Waals surface area contributed by atoms with Gasteiger partial charge in [0, 0.05) is 29.5 Å². The van der Waals surface area contributed by atoms with Crippen molar-refractivity contribution >= 4 is 27.6 Å². The van der Waals surface area contributed by atoms with Crippen molar-refractivity contribution in [2.24, 2.45) is 4.99 Å². The Hall–Kier alpha value is -1.21. The summed E-state index contributed by atoms with van der Waals surface area (Å²) >= 11 is 1.79. The topological polar surface area (TPSA) is 70.6 Å². The molecular weight excluding hydrogens is 330 g/mol. The van der Waals surface area contributed by atoms with Gasteiger partial charge in [0.25, 0.3) is 0 Å². The van der Waals surface area contributed by atoms with Crippen LogP contribution in [0.4, 0.5) is 0 Å². The van der Waals surface area contributed by atoms with Crippen LogP contribution in [0.5, 0.6) is 0 Å². The largest absolute Gasteiger partial charge is 0.357 e. The number of benzene rings is 1. The molecule has 1 aromatic carbocycles. The van der Waals surface area contributed by atoms with Crippen molar-refractivity contribution < 1.29 is 8.42 Å². The molecule has 0 amide bonds. The highest BCUT2D eigenvalue weighted by molar-refractivity contribution is 8.00. The molecule has 0 radical (unpaired) electrons. The molecule has 0 saturated heterocycles. The fourth-order valence-corrected chi connectivity index (χ4v) is 3.47. The predicted octanol–water partition coefficient (Wildman–Crippen LogP) is 2.16. The molecule has 2 N–H and O–H groups in total. The van der Waals surface area contributed by atoms with Gasteiger partial charge >= 0.3 is 0 Å². The molecule has 0 aromatic heterocycles. The second-order valence-electron chi connectivity index (χ2n) is 5.37. The maximum atomic E-state index is 11.1. The third kappa shape index (κ3) is 10.2. The quantitative estimate of drug-likeness (QED) is 0.307. The molecule has 0 heterocycles. The van der Waals surface area contributed by atoms with Gasteiger partial charge in [-0.2, -0.15) is 0 Å². The third-order valence-corrected chi connectivity index (χ3v) is 5.04. The van der Waals surface area contributed by atoms with E-state index in [1.165, 1.54) is 11.2 Å². The molecular formula is C16H27N3O2S2.